The van der Waals surface area contributed by atoms with Crippen molar-refractivity contribution >= 4 is 0 Å². The minimum Gasteiger partial charge on any atom is -0.389 e. The van der Waals surface area contributed by atoms with E-state index in [2.05, 4.69) is 11.8 Å². The van der Waals surface area contributed by atoms with E-state index < -0.39 is 12.2 Å². The van der Waals surface area contributed by atoms with Crippen LogP contribution in [0.15, 0.2) is 0 Å². The molecule has 1 rings (SSSR count). The Morgan fingerprint density at radius 2 is 2.12 bits per heavy atom. The maximum atomic E-state index is 8.83. The average Bonchev–Trinajstić information content (AvgIpc) is 1.77. The van der Waals surface area contributed by atoms with Crippen molar-refractivity contribution in [3.63, 3.8) is 0 Å². The Bertz CT molecular complexity index is 131. The number of hydrogen-bond acceptors (Lipinski definition) is 2. The van der Waals surface area contributed by atoms with Crippen LogP contribution in [-0.2, 0) is 0 Å². The summed E-state index contributed by atoms with van der Waals surface area (Å²) in [5.74, 6) is 5.19. The molecule has 0 saturated heterocycles. The van der Waals surface area contributed by atoms with Crippen LogP contribution in [0.25, 0.3) is 0 Å². The summed E-state index contributed by atoms with van der Waals surface area (Å²) in [4.78, 5) is 0. The van der Waals surface area contributed by atoms with Gasteiger partial charge in [0, 0.05) is 6.42 Å². The fraction of sp³-hybridized carbons (Fsp3) is 0.667. The maximum Gasteiger partial charge on any atom is 0.140 e. The maximum absolute atomic E-state index is 8.83. The van der Waals surface area contributed by atoms with Crippen molar-refractivity contribution in [3.05, 3.63) is 0 Å². The molecule has 0 spiro atoms. The third kappa shape index (κ3) is 1.00. The zero-order valence-electron chi connectivity index (χ0n) is 4.46. The molecular formula is C6H8O2. The summed E-state index contributed by atoms with van der Waals surface area (Å²) >= 11 is 0. The van der Waals surface area contributed by atoms with Gasteiger partial charge in [0.2, 0.25) is 0 Å². The summed E-state index contributed by atoms with van der Waals surface area (Å²) in [6.45, 7) is 0. The molecule has 0 radical (unpaired) electrons. The van der Waals surface area contributed by atoms with Gasteiger partial charge in [-0.15, -0.1) is 5.92 Å². The lowest BCUT2D eigenvalue weighted by molar-refractivity contribution is 0.0466. The molecule has 2 atom stereocenters. The molecule has 1 aliphatic carbocycles. The van der Waals surface area contributed by atoms with Gasteiger partial charge >= 0.3 is 0 Å². The van der Waals surface area contributed by atoms with Crippen LogP contribution in [0.4, 0.5) is 0 Å². The first-order valence-electron chi connectivity index (χ1n) is 2.65. The molecule has 1 aliphatic rings. The van der Waals surface area contributed by atoms with Gasteiger partial charge in [-0.25, -0.2) is 0 Å². The minimum atomic E-state index is -0.802. The van der Waals surface area contributed by atoms with E-state index in [9.17, 15) is 0 Å². The monoisotopic (exact) mass is 112 g/mol. The second-order valence-corrected chi connectivity index (χ2v) is 1.87. The van der Waals surface area contributed by atoms with E-state index in [-0.39, 0.29) is 0 Å². The van der Waals surface area contributed by atoms with Crippen LogP contribution >= 0.6 is 0 Å². The number of aliphatic hydroxyl groups is 2. The van der Waals surface area contributed by atoms with Gasteiger partial charge in [0.25, 0.3) is 0 Å². The van der Waals surface area contributed by atoms with Gasteiger partial charge < -0.3 is 10.2 Å². The van der Waals surface area contributed by atoms with E-state index in [0.717, 1.165) is 0 Å². The lowest BCUT2D eigenvalue weighted by Gasteiger charge is -2.13. The topological polar surface area (TPSA) is 40.5 Å². The minimum absolute atomic E-state index is 0.605. The summed E-state index contributed by atoms with van der Waals surface area (Å²) in [6.07, 6.45) is -0.105. The van der Waals surface area contributed by atoms with Crippen molar-refractivity contribution in [1.82, 2.24) is 0 Å². The van der Waals surface area contributed by atoms with Gasteiger partial charge in [-0.1, -0.05) is 5.92 Å². The highest BCUT2D eigenvalue weighted by atomic mass is 16.3. The second-order valence-electron chi connectivity index (χ2n) is 1.87. The highest BCUT2D eigenvalue weighted by Gasteiger charge is 2.14. The normalized spacial score (nSPS) is 35.8. The highest BCUT2D eigenvalue weighted by Crippen LogP contribution is 2.04. The third-order valence-electron chi connectivity index (χ3n) is 1.18. The molecule has 44 valence electrons. The Balaban J connectivity index is 2.55. The molecule has 2 N–H and O–H groups in total. The zero-order valence-corrected chi connectivity index (χ0v) is 4.46. The Morgan fingerprint density at radius 1 is 1.38 bits per heavy atom. The van der Waals surface area contributed by atoms with Gasteiger partial charge in [0.1, 0.15) is 6.10 Å². The first-order chi connectivity index (χ1) is 3.80. The quantitative estimate of drug-likeness (QED) is 0.415. The first kappa shape index (κ1) is 5.61. The summed E-state index contributed by atoms with van der Waals surface area (Å²) in [7, 11) is 0. The third-order valence-corrected chi connectivity index (χ3v) is 1.18. The number of aliphatic hydroxyl groups excluding tert-OH is 2. The average molecular weight is 112 g/mol. The van der Waals surface area contributed by atoms with Gasteiger partial charge in [-0.05, 0) is 6.42 Å². The van der Waals surface area contributed by atoms with Gasteiger partial charge in [-0.2, -0.15) is 0 Å². The molecule has 0 saturated carbocycles. The van der Waals surface area contributed by atoms with Crippen LogP contribution < -0.4 is 0 Å². The number of hydrogen-bond donors (Lipinski definition) is 2. The summed E-state index contributed by atoms with van der Waals surface area (Å²) in [6, 6.07) is 0. The molecule has 0 aromatic carbocycles. The fourth-order valence-electron chi connectivity index (χ4n) is 0.651. The SMILES string of the molecule is O[C@@H]1CCC#C[C@@H]1O. The molecule has 0 aliphatic heterocycles. The van der Waals surface area contributed by atoms with Crippen LogP contribution in [-0.4, -0.2) is 22.4 Å². The van der Waals surface area contributed by atoms with Gasteiger partial charge in [0.05, 0.1) is 6.10 Å². The van der Waals surface area contributed by atoms with E-state index in [1.807, 2.05) is 0 Å². The molecule has 0 fully saturated rings. The standard InChI is InChI=1S/C6H8O2/c7-5-3-1-2-4-6(5)8/h5-8H,1,3H2/t5-,6+/m1/s1. The summed E-state index contributed by atoms with van der Waals surface area (Å²) in [5, 5.41) is 17.6. The van der Waals surface area contributed by atoms with Gasteiger partial charge in [-0.3, -0.25) is 0 Å². The molecule has 0 unspecified atom stereocenters. The Morgan fingerprint density at radius 3 is 2.50 bits per heavy atom. The van der Waals surface area contributed by atoms with Crippen LogP contribution in [0.2, 0.25) is 0 Å². The zero-order chi connectivity index (χ0) is 5.98. The Labute approximate surface area is 48.1 Å². The molecular weight excluding hydrogens is 104 g/mol. The van der Waals surface area contributed by atoms with E-state index in [4.69, 9.17) is 10.2 Å². The van der Waals surface area contributed by atoms with Crippen LogP contribution in [0.5, 0.6) is 0 Å². The molecule has 0 amide bonds. The summed E-state index contributed by atoms with van der Waals surface area (Å²) in [5.41, 5.74) is 0. The van der Waals surface area contributed by atoms with Crippen LogP contribution in [0.3, 0.4) is 0 Å². The van der Waals surface area contributed by atoms with E-state index in [0.29, 0.717) is 12.8 Å². The number of rotatable bonds is 0. The molecule has 8 heavy (non-hydrogen) atoms. The second kappa shape index (κ2) is 2.17. The van der Waals surface area contributed by atoms with Crippen molar-refractivity contribution in [1.29, 1.82) is 0 Å². The Kier molecular flexibility index (Phi) is 1.52. The Hall–Kier alpha value is -0.520. The largest absolute Gasteiger partial charge is 0.389 e. The van der Waals surface area contributed by atoms with E-state index in [1.54, 1.807) is 0 Å². The highest BCUT2D eigenvalue weighted by molar-refractivity contribution is 5.10. The lowest BCUT2D eigenvalue weighted by Crippen LogP contribution is -2.25. The molecule has 0 aromatic rings. The van der Waals surface area contributed by atoms with Crippen molar-refractivity contribution in [2.45, 2.75) is 25.0 Å². The molecule has 0 heterocycles. The molecule has 2 nitrogen and oxygen atoms in total. The predicted octanol–water partition coefficient (Wildman–Crippen LogP) is -0.495. The van der Waals surface area contributed by atoms with E-state index in [1.165, 1.54) is 0 Å². The van der Waals surface area contributed by atoms with Crippen molar-refractivity contribution < 1.29 is 10.2 Å². The lowest BCUT2D eigenvalue weighted by atomic mass is 10.1. The first-order valence-corrected chi connectivity index (χ1v) is 2.65. The van der Waals surface area contributed by atoms with E-state index >= 15 is 0 Å². The van der Waals surface area contributed by atoms with Crippen LogP contribution in [0.1, 0.15) is 12.8 Å². The smallest absolute Gasteiger partial charge is 0.140 e. The fourth-order valence-corrected chi connectivity index (χ4v) is 0.651. The predicted molar refractivity (Wildman–Crippen MR) is 29.0 cm³/mol. The van der Waals surface area contributed by atoms with Gasteiger partial charge in [0.15, 0.2) is 0 Å². The molecule has 2 heteroatoms. The van der Waals surface area contributed by atoms with Crippen molar-refractivity contribution in [3.8, 4) is 11.8 Å². The van der Waals surface area contributed by atoms with Crippen molar-refractivity contribution in [2.75, 3.05) is 0 Å². The summed E-state index contributed by atoms with van der Waals surface area (Å²) < 4.78 is 0. The van der Waals surface area contributed by atoms with Crippen molar-refractivity contribution in [2.24, 2.45) is 0 Å². The van der Waals surface area contributed by atoms with Crippen LogP contribution in [0, 0.1) is 11.8 Å². The molecule has 0 bridgehead atoms. The molecule has 0 aromatic heterocycles.